The standard InChI is InChI=1S/C21H25NO2/c1-21(2,3)20(24)22-13-12-16-6-4-5-7-18(16)19(22)14-15-8-10-17(23)11-9-15/h4-11,19,23H,12-14H2,1-3H3. The zero-order chi connectivity index (χ0) is 17.3. The summed E-state index contributed by atoms with van der Waals surface area (Å²) in [6.07, 6.45) is 1.67. The highest BCUT2D eigenvalue weighted by Gasteiger charge is 2.35. The molecule has 0 saturated heterocycles. The van der Waals surface area contributed by atoms with Crippen LogP contribution in [-0.4, -0.2) is 22.5 Å². The zero-order valence-corrected chi connectivity index (χ0v) is 14.6. The van der Waals surface area contributed by atoms with Gasteiger partial charge in [0.2, 0.25) is 5.91 Å². The number of fused-ring (bicyclic) bond motifs is 1. The summed E-state index contributed by atoms with van der Waals surface area (Å²) in [4.78, 5) is 15.0. The number of amides is 1. The summed E-state index contributed by atoms with van der Waals surface area (Å²) in [5, 5.41) is 9.50. The fourth-order valence-corrected chi connectivity index (χ4v) is 3.40. The third kappa shape index (κ3) is 3.30. The molecule has 0 saturated carbocycles. The number of benzene rings is 2. The third-order valence-electron chi connectivity index (χ3n) is 4.68. The minimum Gasteiger partial charge on any atom is -0.508 e. The van der Waals surface area contributed by atoms with E-state index in [4.69, 9.17) is 0 Å². The summed E-state index contributed by atoms with van der Waals surface area (Å²) in [5.74, 6) is 0.464. The molecule has 0 aromatic heterocycles. The Balaban J connectivity index is 1.97. The van der Waals surface area contributed by atoms with E-state index in [1.807, 2.05) is 43.9 Å². The quantitative estimate of drug-likeness (QED) is 0.903. The zero-order valence-electron chi connectivity index (χ0n) is 14.6. The van der Waals surface area contributed by atoms with Crippen LogP contribution in [0.1, 0.15) is 43.5 Å². The number of carbonyl (C=O) groups is 1. The number of aromatic hydroxyl groups is 1. The molecule has 0 spiro atoms. The Hall–Kier alpha value is -2.29. The molecule has 24 heavy (non-hydrogen) atoms. The fourth-order valence-electron chi connectivity index (χ4n) is 3.40. The van der Waals surface area contributed by atoms with Gasteiger partial charge >= 0.3 is 0 Å². The Morgan fingerprint density at radius 1 is 1.12 bits per heavy atom. The number of phenolic OH excluding ortho intramolecular Hbond substituents is 1. The van der Waals surface area contributed by atoms with Crippen LogP contribution in [0.5, 0.6) is 5.75 Å². The van der Waals surface area contributed by atoms with Crippen molar-refractivity contribution in [3.63, 3.8) is 0 Å². The molecule has 126 valence electrons. The van der Waals surface area contributed by atoms with Crippen molar-refractivity contribution in [2.75, 3.05) is 6.54 Å². The minimum atomic E-state index is -0.389. The lowest BCUT2D eigenvalue weighted by molar-refractivity contribution is -0.142. The van der Waals surface area contributed by atoms with E-state index in [0.717, 1.165) is 24.9 Å². The molecule has 1 aliphatic rings. The van der Waals surface area contributed by atoms with Gasteiger partial charge in [-0.15, -0.1) is 0 Å². The SMILES string of the molecule is CC(C)(C)C(=O)N1CCc2ccccc2C1Cc1ccc(O)cc1. The molecule has 1 heterocycles. The van der Waals surface area contributed by atoms with E-state index in [1.54, 1.807) is 12.1 Å². The van der Waals surface area contributed by atoms with Crippen LogP contribution in [0.4, 0.5) is 0 Å². The molecule has 1 unspecified atom stereocenters. The molecule has 3 heteroatoms. The average Bonchev–Trinajstić information content (AvgIpc) is 2.56. The monoisotopic (exact) mass is 323 g/mol. The summed E-state index contributed by atoms with van der Waals surface area (Å²) in [5.41, 5.74) is 3.31. The molecule has 2 aromatic carbocycles. The maximum Gasteiger partial charge on any atom is 0.228 e. The molecule has 1 N–H and O–H groups in total. The molecule has 1 amide bonds. The first kappa shape index (κ1) is 16.6. The number of rotatable bonds is 2. The van der Waals surface area contributed by atoms with Crippen molar-refractivity contribution in [3.05, 3.63) is 65.2 Å². The van der Waals surface area contributed by atoms with Gasteiger partial charge in [0.1, 0.15) is 5.75 Å². The van der Waals surface area contributed by atoms with Gasteiger partial charge < -0.3 is 10.0 Å². The molecular formula is C21H25NO2. The van der Waals surface area contributed by atoms with Gasteiger partial charge in [-0.05, 0) is 41.7 Å². The lowest BCUT2D eigenvalue weighted by Crippen LogP contribution is -2.46. The maximum absolute atomic E-state index is 13.0. The molecule has 0 radical (unpaired) electrons. The Morgan fingerprint density at radius 3 is 2.46 bits per heavy atom. The fraction of sp³-hybridized carbons (Fsp3) is 0.381. The Morgan fingerprint density at radius 2 is 1.79 bits per heavy atom. The largest absolute Gasteiger partial charge is 0.508 e. The van der Waals surface area contributed by atoms with Crippen molar-refractivity contribution >= 4 is 5.91 Å². The second kappa shape index (κ2) is 6.31. The van der Waals surface area contributed by atoms with Crippen molar-refractivity contribution in [2.24, 2.45) is 5.41 Å². The van der Waals surface area contributed by atoms with E-state index in [9.17, 15) is 9.90 Å². The molecule has 0 bridgehead atoms. The Labute approximate surface area is 143 Å². The highest BCUT2D eigenvalue weighted by Crippen LogP contribution is 2.35. The highest BCUT2D eigenvalue weighted by atomic mass is 16.3. The van der Waals surface area contributed by atoms with E-state index in [0.29, 0.717) is 0 Å². The molecule has 1 aliphatic heterocycles. The van der Waals surface area contributed by atoms with Gasteiger partial charge in [-0.25, -0.2) is 0 Å². The lowest BCUT2D eigenvalue weighted by Gasteiger charge is -2.40. The van der Waals surface area contributed by atoms with Crippen molar-refractivity contribution in [2.45, 2.75) is 39.7 Å². The average molecular weight is 323 g/mol. The van der Waals surface area contributed by atoms with Gasteiger partial charge in [0, 0.05) is 12.0 Å². The van der Waals surface area contributed by atoms with Gasteiger partial charge in [0.05, 0.1) is 6.04 Å². The number of carbonyl (C=O) groups excluding carboxylic acids is 1. The predicted octanol–water partition coefficient (Wildman–Crippen LogP) is 4.11. The van der Waals surface area contributed by atoms with Crippen LogP contribution in [0.2, 0.25) is 0 Å². The van der Waals surface area contributed by atoms with Gasteiger partial charge in [0.15, 0.2) is 0 Å². The van der Waals surface area contributed by atoms with Crippen molar-refractivity contribution in [1.29, 1.82) is 0 Å². The van der Waals surface area contributed by atoms with Gasteiger partial charge in [-0.1, -0.05) is 57.2 Å². The van der Waals surface area contributed by atoms with E-state index < -0.39 is 0 Å². The molecule has 0 aliphatic carbocycles. The minimum absolute atomic E-state index is 0.0474. The van der Waals surface area contributed by atoms with Gasteiger partial charge in [0.25, 0.3) is 0 Å². The normalized spacial score (nSPS) is 17.5. The first-order valence-electron chi connectivity index (χ1n) is 8.53. The number of hydrogen-bond acceptors (Lipinski definition) is 2. The topological polar surface area (TPSA) is 40.5 Å². The molecule has 2 aromatic rings. The summed E-state index contributed by atoms with van der Waals surface area (Å²) in [6.45, 7) is 6.70. The highest BCUT2D eigenvalue weighted by molar-refractivity contribution is 5.82. The van der Waals surface area contributed by atoms with Crippen LogP contribution in [-0.2, 0) is 17.6 Å². The van der Waals surface area contributed by atoms with E-state index in [-0.39, 0.29) is 23.1 Å². The van der Waals surface area contributed by atoms with Crippen LogP contribution >= 0.6 is 0 Å². The van der Waals surface area contributed by atoms with Gasteiger partial charge in [-0.2, -0.15) is 0 Å². The van der Waals surface area contributed by atoms with Crippen LogP contribution < -0.4 is 0 Å². The second-order valence-corrected chi connectivity index (χ2v) is 7.58. The van der Waals surface area contributed by atoms with Crippen LogP contribution in [0.25, 0.3) is 0 Å². The first-order chi connectivity index (χ1) is 11.4. The van der Waals surface area contributed by atoms with Crippen LogP contribution in [0.3, 0.4) is 0 Å². The lowest BCUT2D eigenvalue weighted by atomic mass is 9.85. The van der Waals surface area contributed by atoms with Crippen LogP contribution in [0, 0.1) is 5.41 Å². The van der Waals surface area contributed by atoms with E-state index in [2.05, 4.69) is 18.2 Å². The third-order valence-corrected chi connectivity index (χ3v) is 4.68. The summed E-state index contributed by atoms with van der Waals surface area (Å²) >= 11 is 0. The van der Waals surface area contributed by atoms with Gasteiger partial charge in [-0.3, -0.25) is 4.79 Å². The summed E-state index contributed by atoms with van der Waals surface area (Å²) in [6, 6.07) is 15.8. The first-order valence-corrected chi connectivity index (χ1v) is 8.53. The maximum atomic E-state index is 13.0. The number of nitrogens with zero attached hydrogens (tertiary/aromatic N) is 1. The summed E-state index contributed by atoms with van der Waals surface area (Å²) in [7, 11) is 0. The van der Waals surface area contributed by atoms with E-state index >= 15 is 0 Å². The number of phenols is 1. The summed E-state index contributed by atoms with van der Waals surface area (Å²) < 4.78 is 0. The predicted molar refractivity (Wildman–Crippen MR) is 95.9 cm³/mol. The van der Waals surface area contributed by atoms with Crippen molar-refractivity contribution in [1.82, 2.24) is 4.90 Å². The Kier molecular flexibility index (Phi) is 4.35. The second-order valence-electron chi connectivity index (χ2n) is 7.58. The molecular weight excluding hydrogens is 298 g/mol. The van der Waals surface area contributed by atoms with Crippen molar-refractivity contribution < 1.29 is 9.90 Å². The van der Waals surface area contributed by atoms with Crippen molar-refractivity contribution in [3.8, 4) is 5.75 Å². The smallest absolute Gasteiger partial charge is 0.228 e. The number of hydrogen-bond donors (Lipinski definition) is 1. The van der Waals surface area contributed by atoms with E-state index in [1.165, 1.54) is 11.1 Å². The molecule has 0 fully saturated rings. The molecule has 1 atom stereocenters. The van der Waals surface area contributed by atoms with Crippen LogP contribution in [0.15, 0.2) is 48.5 Å². The Bertz CT molecular complexity index is 728. The molecule has 3 nitrogen and oxygen atoms in total. The molecule has 3 rings (SSSR count).